The van der Waals surface area contributed by atoms with Gasteiger partial charge in [-0.2, -0.15) is 5.10 Å². The maximum atomic E-state index is 10.0. The first kappa shape index (κ1) is 8.52. The zero-order chi connectivity index (χ0) is 9.80. The minimum atomic E-state index is 0.281. The van der Waals surface area contributed by atoms with Gasteiger partial charge in [0.25, 0.3) is 0 Å². The van der Waals surface area contributed by atoms with Crippen LogP contribution in [0, 0.1) is 11.8 Å². The highest BCUT2D eigenvalue weighted by molar-refractivity contribution is 5.79. The zero-order valence-corrected chi connectivity index (χ0v) is 7.45. The molecule has 0 aliphatic rings. The monoisotopic (exact) mass is 184 g/mol. The first-order chi connectivity index (χ1) is 6.90. The number of nitrogens with one attached hydrogen (secondary N) is 1. The van der Waals surface area contributed by atoms with Crippen molar-refractivity contribution < 1.29 is 4.79 Å². The van der Waals surface area contributed by atoms with Gasteiger partial charge in [0.2, 0.25) is 0 Å². The number of aldehydes is 1. The van der Waals surface area contributed by atoms with Crippen LogP contribution in [0.5, 0.6) is 0 Å². The minimum absolute atomic E-state index is 0.281. The molecule has 14 heavy (non-hydrogen) atoms. The third-order valence-electron chi connectivity index (χ3n) is 1.86. The average molecular weight is 184 g/mol. The van der Waals surface area contributed by atoms with E-state index in [0.29, 0.717) is 0 Å². The first-order valence-corrected chi connectivity index (χ1v) is 4.26. The number of aromatic amines is 1. The average Bonchev–Trinajstić information content (AvgIpc) is 2.65. The Morgan fingerprint density at radius 3 is 3.29 bits per heavy atom. The minimum Gasteiger partial charge on any atom is -0.302 e. The van der Waals surface area contributed by atoms with E-state index in [-0.39, 0.29) is 6.42 Å². The van der Waals surface area contributed by atoms with Gasteiger partial charge >= 0.3 is 0 Å². The Morgan fingerprint density at radius 2 is 2.43 bits per heavy atom. The summed E-state index contributed by atoms with van der Waals surface area (Å²) in [6.07, 6.45) is 2.83. The molecular weight excluding hydrogens is 176 g/mol. The molecule has 2 rings (SSSR count). The van der Waals surface area contributed by atoms with Crippen LogP contribution in [0.15, 0.2) is 24.4 Å². The Morgan fingerprint density at radius 1 is 1.50 bits per heavy atom. The second kappa shape index (κ2) is 3.75. The summed E-state index contributed by atoms with van der Waals surface area (Å²) in [5.74, 6) is 5.66. The van der Waals surface area contributed by atoms with Gasteiger partial charge in [0.15, 0.2) is 0 Å². The summed E-state index contributed by atoms with van der Waals surface area (Å²) < 4.78 is 0. The van der Waals surface area contributed by atoms with Crippen molar-refractivity contribution in [3.63, 3.8) is 0 Å². The molecule has 0 spiro atoms. The summed E-state index contributed by atoms with van der Waals surface area (Å²) >= 11 is 0. The molecule has 0 atom stereocenters. The maximum absolute atomic E-state index is 10.0. The molecule has 0 unspecified atom stereocenters. The van der Waals surface area contributed by atoms with E-state index < -0.39 is 0 Å². The molecule has 3 nitrogen and oxygen atoms in total. The molecule has 1 aromatic heterocycles. The van der Waals surface area contributed by atoms with Crippen LogP contribution in [0.4, 0.5) is 0 Å². The molecule has 0 saturated heterocycles. The largest absolute Gasteiger partial charge is 0.302 e. The molecule has 1 N–H and O–H groups in total. The van der Waals surface area contributed by atoms with E-state index in [1.807, 2.05) is 18.2 Å². The Labute approximate surface area is 81.1 Å². The summed E-state index contributed by atoms with van der Waals surface area (Å²) in [7, 11) is 0. The molecule has 1 heterocycles. The molecule has 0 fully saturated rings. The highest BCUT2D eigenvalue weighted by Crippen LogP contribution is 2.11. The van der Waals surface area contributed by atoms with E-state index in [4.69, 9.17) is 0 Å². The van der Waals surface area contributed by atoms with Crippen LogP contribution >= 0.6 is 0 Å². The van der Waals surface area contributed by atoms with E-state index in [1.54, 1.807) is 6.20 Å². The Kier molecular flexibility index (Phi) is 2.28. The Bertz CT molecular complexity index is 517. The molecule has 0 amide bonds. The number of rotatable bonds is 1. The second-order valence-corrected chi connectivity index (χ2v) is 2.84. The first-order valence-electron chi connectivity index (χ1n) is 4.26. The van der Waals surface area contributed by atoms with E-state index in [9.17, 15) is 4.79 Å². The highest BCUT2D eigenvalue weighted by Gasteiger charge is 1.94. The van der Waals surface area contributed by atoms with Gasteiger partial charge in [0.05, 0.1) is 18.1 Å². The fraction of sp³-hybridized carbons (Fsp3) is 0.0909. The molecule has 0 bridgehead atoms. The lowest BCUT2D eigenvalue weighted by Crippen LogP contribution is -1.75. The van der Waals surface area contributed by atoms with Crippen LogP contribution in [0.3, 0.4) is 0 Å². The molecule has 0 radical (unpaired) electrons. The number of nitrogens with zero attached hydrogens (tertiary/aromatic N) is 1. The zero-order valence-electron chi connectivity index (χ0n) is 7.45. The van der Waals surface area contributed by atoms with E-state index >= 15 is 0 Å². The maximum Gasteiger partial charge on any atom is 0.131 e. The van der Waals surface area contributed by atoms with Gasteiger partial charge in [0, 0.05) is 10.9 Å². The van der Waals surface area contributed by atoms with Gasteiger partial charge < -0.3 is 4.79 Å². The lowest BCUT2D eigenvalue weighted by atomic mass is 10.1. The van der Waals surface area contributed by atoms with Crippen molar-refractivity contribution in [2.75, 3.05) is 0 Å². The molecule has 0 saturated carbocycles. The van der Waals surface area contributed by atoms with Crippen molar-refractivity contribution in [3.8, 4) is 11.8 Å². The summed E-state index contributed by atoms with van der Waals surface area (Å²) in [5.41, 5.74) is 1.90. The predicted molar refractivity (Wildman–Crippen MR) is 53.7 cm³/mol. The van der Waals surface area contributed by atoms with Crippen LogP contribution in [0.1, 0.15) is 12.0 Å². The number of aromatic nitrogens is 2. The fourth-order valence-corrected chi connectivity index (χ4v) is 1.22. The molecule has 0 aliphatic heterocycles. The van der Waals surface area contributed by atoms with E-state index in [1.165, 1.54) is 0 Å². The lowest BCUT2D eigenvalue weighted by Gasteiger charge is -1.89. The Hall–Kier alpha value is -2.08. The molecule has 2 aromatic rings. The highest BCUT2D eigenvalue weighted by atomic mass is 16.1. The molecule has 0 aliphatic carbocycles. The van der Waals surface area contributed by atoms with Gasteiger partial charge in [-0.15, -0.1) is 0 Å². The quantitative estimate of drug-likeness (QED) is 0.539. The van der Waals surface area contributed by atoms with Gasteiger partial charge in [-0.1, -0.05) is 11.8 Å². The van der Waals surface area contributed by atoms with Crippen molar-refractivity contribution in [1.82, 2.24) is 10.2 Å². The van der Waals surface area contributed by atoms with Gasteiger partial charge in [0.1, 0.15) is 6.29 Å². The molecular formula is C11H8N2O. The SMILES string of the molecule is O=CCC#Cc1ccc2[nH]ncc2c1. The van der Waals surface area contributed by atoms with Crippen molar-refractivity contribution in [1.29, 1.82) is 0 Å². The third kappa shape index (κ3) is 1.64. The van der Waals surface area contributed by atoms with Crippen molar-refractivity contribution >= 4 is 17.2 Å². The molecule has 68 valence electrons. The van der Waals surface area contributed by atoms with Crippen LogP contribution in [-0.2, 0) is 4.79 Å². The van der Waals surface area contributed by atoms with Crippen molar-refractivity contribution in [2.45, 2.75) is 6.42 Å². The fourth-order valence-electron chi connectivity index (χ4n) is 1.22. The molecule has 1 aromatic carbocycles. The number of hydrogen-bond acceptors (Lipinski definition) is 2. The lowest BCUT2D eigenvalue weighted by molar-refractivity contribution is -0.107. The standard InChI is InChI=1S/C11H8N2O/c14-6-2-1-3-9-4-5-11-10(7-9)8-12-13-11/h4-8H,2H2,(H,12,13). The smallest absolute Gasteiger partial charge is 0.131 e. The van der Waals surface area contributed by atoms with Crippen LogP contribution in [0.25, 0.3) is 10.9 Å². The van der Waals surface area contributed by atoms with Crippen molar-refractivity contribution in [3.05, 3.63) is 30.0 Å². The second-order valence-electron chi connectivity index (χ2n) is 2.84. The van der Waals surface area contributed by atoms with Gasteiger partial charge in [-0.25, -0.2) is 0 Å². The van der Waals surface area contributed by atoms with Crippen LogP contribution in [-0.4, -0.2) is 16.5 Å². The van der Waals surface area contributed by atoms with E-state index in [2.05, 4.69) is 22.0 Å². The topological polar surface area (TPSA) is 45.8 Å². The summed E-state index contributed by atoms with van der Waals surface area (Å²) in [6, 6.07) is 5.77. The predicted octanol–water partition coefficient (Wildman–Crippen LogP) is 1.50. The van der Waals surface area contributed by atoms with Crippen molar-refractivity contribution in [2.24, 2.45) is 0 Å². The molecule has 3 heteroatoms. The number of H-pyrrole nitrogens is 1. The number of benzene rings is 1. The van der Waals surface area contributed by atoms with Gasteiger partial charge in [-0.05, 0) is 18.2 Å². The summed E-state index contributed by atoms with van der Waals surface area (Å²) in [6.45, 7) is 0. The third-order valence-corrected chi connectivity index (χ3v) is 1.86. The normalized spacial score (nSPS) is 9.43. The number of carbonyl (C=O) groups excluding carboxylic acids is 1. The number of hydrogen-bond donors (Lipinski definition) is 1. The summed E-state index contributed by atoms with van der Waals surface area (Å²) in [5, 5.41) is 7.80. The van der Waals surface area contributed by atoms with Crippen LogP contribution in [0.2, 0.25) is 0 Å². The van der Waals surface area contributed by atoms with E-state index in [0.717, 1.165) is 22.8 Å². The summed E-state index contributed by atoms with van der Waals surface area (Å²) in [4.78, 5) is 10.0. The number of fused-ring (bicyclic) bond motifs is 1. The Balaban J connectivity index is 2.35. The van der Waals surface area contributed by atoms with Gasteiger partial charge in [-0.3, -0.25) is 5.10 Å². The number of carbonyl (C=O) groups is 1. The van der Waals surface area contributed by atoms with Crippen LogP contribution < -0.4 is 0 Å².